The number of hydrogen-bond donors (Lipinski definition) is 0. The van der Waals surface area contributed by atoms with E-state index in [4.69, 9.17) is 4.98 Å². The van der Waals surface area contributed by atoms with Crippen molar-refractivity contribution >= 4 is 21.7 Å². The third-order valence-corrected chi connectivity index (χ3v) is 5.36. The fourth-order valence-electron chi connectivity index (χ4n) is 4.12. The topological polar surface area (TPSA) is 16.1 Å². The van der Waals surface area contributed by atoms with Crippen LogP contribution in [0, 0.1) is 5.82 Å². The van der Waals surface area contributed by atoms with Crippen molar-refractivity contribution < 1.29 is 4.39 Å². The second-order valence-corrected chi connectivity index (χ2v) is 7.10. The molecule has 26 heavy (non-hydrogen) atoms. The highest BCUT2D eigenvalue weighted by molar-refractivity contribution is 6.09. The Balaban J connectivity index is 1.90. The summed E-state index contributed by atoms with van der Waals surface area (Å²) in [5.41, 5.74) is 5.35. The van der Waals surface area contributed by atoms with Crippen LogP contribution in [0.4, 0.5) is 4.39 Å². The molecule has 0 saturated heterocycles. The second kappa shape index (κ2) is 5.89. The van der Waals surface area contributed by atoms with Gasteiger partial charge in [-0.15, -0.1) is 0 Å². The van der Waals surface area contributed by atoms with Crippen LogP contribution in [0.5, 0.6) is 0 Å². The van der Waals surface area contributed by atoms with Gasteiger partial charge in [-0.3, -0.25) is 0 Å². The first kappa shape index (κ1) is 15.5. The molecule has 1 aliphatic heterocycles. The molecule has 0 fully saturated rings. The number of pyridine rings is 1. The van der Waals surface area contributed by atoms with E-state index in [2.05, 4.69) is 48.3 Å². The lowest BCUT2D eigenvalue weighted by Crippen LogP contribution is -2.27. The van der Waals surface area contributed by atoms with Gasteiger partial charge in [-0.25, -0.2) is 9.37 Å². The van der Waals surface area contributed by atoms with Gasteiger partial charge in [0.2, 0.25) is 0 Å². The van der Waals surface area contributed by atoms with Gasteiger partial charge in [0.25, 0.3) is 0 Å². The van der Waals surface area contributed by atoms with Crippen LogP contribution in [0.1, 0.15) is 11.1 Å². The molecule has 2 nitrogen and oxygen atoms in total. The van der Waals surface area contributed by atoms with Gasteiger partial charge in [0, 0.05) is 24.0 Å². The summed E-state index contributed by atoms with van der Waals surface area (Å²) in [6, 6.07) is 19.5. The Kier molecular flexibility index (Phi) is 3.50. The van der Waals surface area contributed by atoms with E-state index in [9.17, 15) is 4.39 Å². The molecule has 0 spiro atoms. The smallest absolute Gasteiger partial charge is 0.123 e. The van der Waals surface area contributed by atoms with Crippen LogP contribution in [-0.2, 0) is 13.0 Å². The summed E-state index contributed by atoms with van der Waals surface area (Å²) in [5, 5.41) is 3.75. The Morgan fingerprint density at radius 2 is 1.85 bits per heavy atom. The van der Waals surface area contributed by atoms with E-state index in [1.54, 1.807) is 12.1 Å². The van der Waals surface area contributed by atoms with E-state index in [-0.39, 0.29) is 5.82 Å². The number of aromatic nitrogens is 1. The largest absolute Gasteiger partial charge is 0.302 e. The van der Waals surface area contributed by atoms with Crippen molar-refractivity contribution in [3.63, 3.8) is 0 Å². The van der Waals surface area contributed by atoms with Crippen LogP contribution in [0.3, 0.4) is 0 Å². The van der Waals surface area contributed by atoms with E-state index in [0.29, 0.717) is 0 Å². The normalized spacial score (nSPS) is 14.7. The monoisotopic (exact) mass is 342 g/mol. The molecule has 2 heterocycles. The maximum atomic E-state index is 13.8. The average molecular weight is 342 g/mol. The van der Waals surface area contributed by atoms with Gasteiger partial charge in [0.15, 0.2) is 0 Å². The summed E-state index contributed by atoms with van der Waals surface area (Å²) in [7, 11) is 2.13. The standard InChI is InChI=1S/C23H19FN2/c1-26-12-11-19-20(14-26)23(16-6-4-7-17(24)13-16)25-21-10-9-15-5-2-3-8-18(15)22(19)21/h2-10,13H,11-12,14H2,1H3. The molecule has 4 aromatic rings. The molecule has 1 aliphatic rings. The zero-order chi connectivity index (χ0) is 17.7. The predicted octanol–water partition coefficient (Wildman–Crippen LogP) is 5.18. The molecule has 0 aliphatic carbocycles. The highest BCUT2D eigenvalue weighted by Crippen LogP contribution is 2.37. The maximum absolute atomic E-state index is 13.8. The number of fused-ring (bicyclic) bond motifs is 5. The molecule has 0 atom stereocenters. The minimum Gasteiger partial charge on any atom is -0.302 e. The lowest BCUT2D eigenvalue weighted by molar-refractivity contribution is 0.314. The van der Waals surface area contributed by atoms with Crippen LogP contribution in [0.15, 0.2) is 60.7 Å². The molecule has 0 radical (unpaired) electrons. The van der Waals surface area contributed by atoms with Gasteiger partial charge in [0.05, 0.1) is 11.2 Å². The summed E-state index contributed by atoms with van der Waals surface area (Å²) in [6.07, 6.45) is 0.987. The first-order valence-electron chi connectivity index (χ1n) is 8.98. The van der Waals surface area contributed by atoms with E-state index in [0.717, 1.165) is 36.3 Å². The molecule has 3 heteroatoms. The zero-order valence-corrected chi connectivity index (χ0v) is 14.7. The van der Waals surface area contributed by atoms with E-state index in [1.165, 1.54) is 33.4 Å². The number of hydrogen-bond acceptors (Lipinski definition) is 2. The van der Waals surface area contributed by atoms with Gasteiger partial charge < -0.3 is 4.90 Å². The Morgan fingerprint density at radius 3 is 2.73 bits per heavy atom. The molecule has 128 valence electrons. The number of nitrogens with zero attached hydrogens (tertiary/aromatic N) is 2. The van der Waals surface area contributed by atoms with Crippen molar-refractivity contribution in [3.8, 4) is 11.3 Å². The minimum absolute atomic E-state index is 0.221. The SMILES string of the molecule is CN1CCc2c(c(-c3cccc(F)c3)nc3ccc4ccccc4c23)C1. The van der Waals surface area contributed by atoms with E-state index >= 15 is 0 Å². The van der Waals surface area contributed by atoms with Crippen LogP contribution in [0.2, 0.25) is 0 Å². The number of likely N-dealkylation sites (N-methyl/N-ethyl adjacent to an activating group) is 1. The molecule has 0 bridgehead atoms. The highest BCUT2D eigenvalue weighted by atomic mass is 19.1. The first-order valence-corrected chi connectivity index (χ1v) is 8.98. The van der Waals surface area contributed by atoms with E-state index < -0.39 is 0 Å². The summed E-state index contributed by atoms with van der Waals surface area (Å²) in [5.74, 6) is -0.221. The lowest BCUT2D eigenvalue weighted by Gasteiger charge is -2.28. The van der Waals surface area contributed by atoms with Crippen LogP contribution in [-0.4, -0.2) is 23.5 Å². The number of benzene rings is 3. The third-order valence-electron chi connectivity index (χ3n) is 5.36. The van der Waals surface area contributed by atoms with Gasteiger partial charge >= 0.3 is 0 Å². The minimum atomic E-state index is -0.221. The van der Waals surface area contributed by atoms with Crippen molar-refractivity contribution in [2.24, 2.45) is 0 Å². The Hall–Kier alpha value is -2.78. The quantitative estimate of drug-likeness (QED) is 0.443. The Labute approximate surface area is 151 Å². The Bertz CT molecular complexity index is 1150. The number of halogens is 1. The molecular weight excluding hydrogens is 323 g/mol. The van der Waals surface area contributed by atoms with Crippen LogP contribution >= 0.6 is 0 Å². The maximum Gasteiger partial charge on any atom is 0.123 e. The van der Waals surface area contributed by atoms with Crippen LogP contribution in [0.25, 0.3) is 32.9 Å². The van der Waals surface area contributed by atoms with Crippen LogP contribution < -0.4 is 0 Å². The van der Waals surface area contributed by atoms with Gasteiger partial charge in [0.1, 0.15) is 5.82 Å². The molecular formula is C23H19FN2. The summed E-state index contributed by atoms with van der Waals surface area (Å²) < 4.78 is 13.8. The fraction of sp³-hybridized carbons (Fsp3) is 0.174. The molecule has 3 aromatic carbocycles. The summed E-state index contributed by atoms with van der Waals surface area (Å²) in [6.45, 7) is 1.87. The zero-order valence-electron chi connectivity index (χ0n) is 14.7. The molecule has 1 aromatic heterocycles. The average Bonchev–Trinajstić information content (AvgIpc) is 2.66. The first-order chi connectivity index (χ1) is 12.7. The Morgan fingerprint density at radius 1 is 0.962 bits per heavy atom. The highest BCUT2D eigenvalue weighted by Gasteiger charge is 2.22. The van der Waals surface area contributed by atoms with Gasteiger partial charge in [-0.1, -0.05) is 42.5 Å². The molecule has 0 saturated carbocycles. The predicted molar refractivity (Wildman–Crippen MR) is 105 cm³/mol. The summed E-state index contributed by atoms with van der Waals surface area (Å²) in [4.78, 5) is 7.30. The fourth-order valence-corrected chi connectivity index (χ4v) is 4.12. The lowest BCUT2D eigenvalue weighted by atomic mass is 9.89. The van der Waals surface area contributed by atoms with Gasteiger partial charge in [-0.2, -0.15) is 0 Å². The van der Waals surface area contributed by atoms with Crippen molar-refractivity contribution in [2.75, 3.05) is 13.6 Å². The molecule has 0 N–H and O–H groups in total. The molecule has 5 rings (SSSR count). The number of rotatable bonds is 1. The van der Waals surface area contributed by atoms with Crippen molar-refractivity contribution in [2.45, 2.75) is 13.0 Å². The van der Waals surface area contributed by atoms with E-state index in [1.807, 2.05) is 6.07 Å². The van der Waals surface area contributed by atoms with Crippen molar-refractivity contribution in [3.05, 3.63) is 77.6 Å². The third kappa shape index (κ3) is 2.39. The molecule has 0 unspecified atom stereocenters. The second-order valence-electron chi connectivity index (χ2n) is 7.10. The summed E-state index contributed by atoms with van der Waals surface area (Å²) >= 11 is 0. The van der Waals surface area contributed by atoms with Crippen molar-refractivity contribution in [1.82, 2.24) is 9.88 Å². The van der Waals surface area contributed by atoms with Gasteiger partial charge in [-0.05, 0) is 53.6 Å². The van der Waals surface area contributed by atoms with Crippen molar-refractivity contribution in [1.29, 1.82) is 0 Å². The molecule has 0 amide bonds.